The van der Waals surface area contributed by atoms with Crippen molar-refractivity contribution in [2.45, 2.75) is 83.8 Å². The lowest BCUT2D eigenvalue weighted by Crippen LogP contribution is -2.26. The largest absolute Gasteiger partial charge is 0.459 e. The first-order chi connectivity index (χ1) is 11.0. The minimum Gasteiger partial charge on any atom is -0.459 e. The van der Waals surface area contributed by atoms with Gasteiger partial charge in [0.2, 0.25) is 0 Å². The molecule has 2 aliphatic carbocycles. The quantitative estimate of drug-likeness (QED) is 0.563. The zero-order chi connectivity index (χ0) is 16.7. The van der Waals surface area contributed by atoms with Crippen molar-refractivity contribution in [3.05, 3.63) is 12.2 Å². The molecule has 23 heavy (non-hydrogen) atoms. The van der Waals surface area contributed by atoms with E-state index >= 15 is 0 Å². The molecule has 0 unspecified atom stereocenters. The summed E-state index contributed by atoms with van der Waals surface area (Å²) in [5.74, 6) is 0.572. The Morgan fingerprint density at radius 2 is 1.26 bits per heavy atom. The van der Waals surface area contributed by atoms with E-state index in [9.17, 15) is 9.59 Å². The lowest BCUT2D eigenvalue weighted by Gasteiger charge is -2.30. The van der Waals surface area contributed by atoms with Crippen LogP contribution >= 0.6 is 0 Å². The Bertz CT molecular complexity index is 413. The van der Waals surface area contributed by atoms with E-state index < -0.39 is 11.9 Å². The molecule has 0 radical (unpaired) electrons. The van der Waals surface area contributed by atoms with E-state index in [1.54, 1.807) is 0 Å². The summed E-state index contributed by atoms with van der Waals surface area (Å²) in [6.45, 7) is 4.50. The van der Waals surface area contributed by atoms with E-state index in [4.69, 9.17) is 9.47 Å². The van der Waals surface area contributed by atoms with Gasteiger partial charge in [0, 0.05) is 12.2 Å². The maximum absolute atomic E-state index is 11.8. The molecule has 4 heteroatoms. The molecule has 0 bridgehead atoms. The Kier molecular flexibility index (Phi) is 7.13. The monoisotopic (exact) mass is 322 g/mol. The van der Waals surface area contributed by atoms with Crippen LogP contribution in [0.1, 0.15) is 71.6 Å². The zero-order valence-corrected chi connectivity index (χ0v) is 14.5. The van der Waals surface area contributed by atoms with Crippen molar-refractivity contribution in [3.63, 3.8) is 0 Å². The highest BCUT2D eigenvalue weighted by Gasteiger charge is 2.25. The first kappa shape index (κ1) is 18.0. The van der Waals surface area contributed by atoms with E-state index in [1.807, 2.05) is 0 Å². The fourth-order valence-electron chi connectivity index (χ4n) is 3.60. The third-order valence-corrected chi connectivity index (χ3v) is 5.14. The Morgan fingerprint density at radius 3 is 1.74 bits per heavy atom. The third-order valence-electron chi connectivity index (χ3n) is 5.14. The van der Waals surface area contributed by atoms with Crippen LogP contribution in [-0.2, 0) is 19.1 Å². The Balaban J connectivity index is 1.66. The van der Waals surface area contributed by atoms with Crippen LogP contribution in [0.2, 0.25) is 0 Å². The van der Waals surface area contributed by atoms with Crippen LogP contribution < -0.4 is 0 Å². The molecular formula is C19H30O4. The molecule has 0 aromatic carbocycles. The predicted molar refractivity (Wildman–Crippen MR) is 88.8 cm³/mol. The van der Waals surface area contributed by atoms with Gasteiger partial charge in [0.15, 0.2) is 0 Å². The Morgan fingerprint density at radius 1 is 0.783 bits per heavy atom. The number of carbonyl (C=O) groups excluding carboxylic acids is 2. The number of rotatable bonds is 5. The van der Waals surface area contributed by atoms with Crippen LogP contribution in [0.15, 0.2) is 12.2 Å². The first-order valence-electron chi connectivity index (χ1n) is 9.14. The minimum absolute atomic E-state index is 0.00323. The Labute approximate surface area is 139 Å². The molecule has 0 heterocycles. The van der Waals surface area contributed by atoms with Gasteiger partial charge in [-0.15, -0.1) is 0 Å². The second-order valence-electron chi connectivity index (χ2n) is 7.25. The van der Waals surface area contributed by atoms with Crippen molar-refractivity contribution < 1.29 is 19.1 Å². The summed E-state index contributed by atoms with van der Waals surface area (Å²) in [7, 11) is 0. The van der Waals surface area contributed by atoms with Crippen LogP contribution in [-0.4, -0.2) is 24.1 Å². The van der Waals surface area contributed by atoms with Crippen LogP contribution in [0.25, 0.3) is 0 Å². The molecule has 0 saturated heterocycles. The maximum Gasteiger partial charge on any atom is 0.331 e. The number of hydrogen-bond acceptors (Lipinski definition) is 4. The standard InChI is InChI=1S/C19H30O4/c1-14(2)15-8-10-17(11-9-15)23-19(21)13-12-18(20)22-16-6-4-3-5-7-16/h12-17H,3-11H2,1-2H3/b13-12+. The molecule has 0 aromatic heterocycles. The average Bonchev–Trinajstić information content (AvgIpc) is 2.54. The van der Waals surface area contributed by atoms with Gasteiger partial charge in [-0.2, -0.15) is 0 Å². The second kappa shape index (κ2) is 9.09. The van der Waals surface area contributed by atoms with Gasteiger partial charge in [0.05, 0.1) is 0 Å². The van der Waals surface area contributed by atoms with E-state index in [0.29, 0.717) is 5.92 Å². The number of hydrogen-bond donors (Lipinski definition) is 0. The molecule has 0 aliphatic heterocycles. The molecule has 2 rings (SSSR count). The summed E-state index contributed by atoms with van der Waals surface area (Å²) >= 11 is 0. The highest BCUT2D eigenvalue weighted by atomic mass is 16.5. The van der Waals surface area contributed by atoms with Gasteiger partial charge in [-0.05, 0) is 63.2 Å². The Hall–Kier alpha value is -1.32. The summed E-state index contributed by atoms with van der Waals surface area (Å²) in [6.07, 6.45) is 11.8. The van der Waals surface area contributed by atoms with Gasteiger partial charge in [-0.3, -0.25) is 0 Å². The van der Waals surface area contributed by atoms with E-state index in [0.717, 1.165) is 57.3 Å². The van der Waals surface area contributed by atoms with Gasteiger partial charge < -0.3 is 9.47 Å². The van der Waals surface area contributed by atoms with Gasteiger partial charge >= 0.3 is 11.9 Å². The normalized spacial score (nSPS) is 26.4. The number of ether oxygens (including phenoxy) is 2. The molecule has 2 aliphatic rings. The predicted octanol–water partition coefficient (Wildman–Crippen LogP) is 4.18. The lowest BCUT2D eigenvalue weighted by atomic mass is 9.80. The van der Waals surface area contributed by atoms with E-state index in [1.165, 1.54) is 18.6 Å². The van der Waals surface area contributed by atoms with Gasteiger partial charge in [-0.1, -0.05) is 20.3 Å². The van der Waals surface area contributed by atoms with Crippen molar-refractivity contribution in [1.82, 2.24) is 0 Å². The average molecular weight is 322 g/mol. The molecule has 0 N–H and O–H groups in total. The molecule has 0 spiro atoms. The zero-order valence-electron chi connectivity index (χ0n) is 14.5. The van der Waals surface area contributed by atoms with Gasteiger partial charge in [-0.25, -0.2) is 9.59 Å². The van der Waals surface area contributed by atoms with Crippen molar-refractivity contribution >= 4 is 11.9 Å². The molecule has 0 amide bonds. The van der Waals surface area contributed by atoms with Gasteiger partial charge in [0.25, 0.3) is 0 Å². The van der Waals surface area contributed by atoms with Crippen molar-refractivity contribution in [1.29, 1.82) is 0 Å². The van der Waals surface area contributed by atoms with E-state index in [2.05, 4.69) is 13.8 Å². The fraction of sp³-hybridized carbons (Fsp3) is 0.789. The SMILES string of the molecule is CC(C)C1CCC(OC(=O)/C=C/C(=O)OC2CCCCC2)CC1. The molecule has 2 fully saturated rings. The summed E-state index contributed by atoms with van der Waals surface area (Å²) in [4.78, 5) is 23.5. The van der Waals surface area contributed by atoms with Crippen LogP contribution in [0, 0.1) is 11.8 Å². The smallest absolute Gasteiger partial charge is 0.331 e. The fourth-order valence-corrected chi connectivity index (χ4v) is 3.60. The molecule has 0 aromatic rings. The number of carbonyl (C=O) groups is 2. The van der Waals surface area contributed by atoms with Crippen LogP contribution in [0.5, 0.6) is 0 Å². The van der Waals surface area contributed by atoms with Crippen LogP contribution in [0.4, 0.5) is 0 Å². The molecule has 4 nitrogen and oxygen atoms in total. The lowest BCUT2D eigenvalue weighted by molar-refractivity contribution is -0.147. The molecule has 2 saturated carbocycles. The van der Waals surface area contributed by atoms with Crippen molar-refractivity contribution in [2.75, 3.05) is 0 Å². The third kappa shape index (κ3) is 6.36. The summed E-state index contributed by atoms with van der Waals surface area (Å²) in [5.41, 5.74) is 0. The van der Waals surface area contributed by atoms with E-state index in [-0.39, 0.29) is 12.2 Å². The maximum atomic E-state index is 11.8. The summed E-state index contributed by atoms with van der Waals surface area (Å²) in [5, 5.41) is 0. The minimum atomic E-state index is -0.433. The molecule has 0 atom stereocenters. The first-order valence-corrected chi connectivity index (χ1v) is 9.14. The van der Waals surface area contributed by atoms with Crippen molar-refractivity contribution in [2.24, 2.45) is 11.8 Å². The topological polar surface area (TPSA) is 52.6 Å². The number of esters is 2. The molecular weight excluding hydrogens is 292 g/mol. The summed E-state index contributed by atoms with van der Waals surface area (Å²) < 4.78 is 10.8. The summed E-state index contributed by atoms with van der Waals surface area (Å²) in [6, 6.07) is 0. The highest BCUT2D eigenvalue weighted by molar-refractivity contribution is 5.91. The van der Waals surface area contributed by atoms with Crippen LogP contribution in [0.3, 0.4) is 0 Å². The highest BCUT2D eigenvalue weighted by Crippen LogP contribution is 2.31. The second-order valence-corrected chi connectivity index (χ2v) is 7.25. The van der Waals surface area contributed by atoms with Crippen molar-refractivity contribution in [3.8, 4) is 0 Å². The van der Waals surface area contributed by atoms with Gasteiger partial charge in [0.1, 0.15) is 12.2 Å². The molecule has 130 valence electrons.